The second kappa shape index (κ2) is 4.28. The van der Waals surface area contributed by atoms with E-state index in [1.807, 2.05) is 19.9 Å². The van der Waals surface area contributed by atoms with Crippen molar-refractivity contribution >= 4 is 5.91 Å². The molecule has 2 atom stereocenters. The molecule has 0 aromatic rings. The zero-order valence-electron chi connectivity index (χ0n) is 8.26. The molecule has 0 aliphatic carbocycles. The number of allylic oxidation sites excluding steroid dienone is 1. The van der Waals surface area contributed by atoms with Gasteiger partial charge < -0.3 is 10.2 Å². The fraction of sp³-hybridized carbons (Fsp3) is 0.667. The Bertz CT molecular complexity index is 226. The fourth-order valence-corrected chi connectivity index (χ4v) is 1.12. The first-order valence-electron chi connectivity index (χ1n) is 4.54. The molecule has 0 spiro atoms. The van der Waals surface area contributed by atoms with Crippen molar-refractivity contribution in [1.82, 2.24) is 10.8 Å². The van der Waals surface area contributed by atoms with E-state index in [9.17, 15) is 4.79 Å². The summed E-state index contributed by atoms with van der Waals surface area (Å²) in [7, 11) is 0. The third-order valence-electron chi connectivity index (χ3n) is 1.99. The molecule has 1 aliphatic heterocycles. The number of carbonyl (C=O) groups is 1. The number of hydrogen-bond donors (Lipinski definition) is 2. The summed E-state index contributed by atoms with van der Waals surface area (Å²) in [5, 5.41) is 2.89. The van der Waals surface area contributed by atoms with Gasteiger partial charge in [-0.3, -0.25) is 4.79 Å². The quantitative estimate of drug-likeness (QED) is 0.631. The van der Waals surface area contributed by atoms with Gasteiger partial charge in [-0.25, -0.2) is 0 Å². The van der Waals surface area contributed by atoms with E-state index in [4.69, 9.17) is 4.84 Å². The van der Waals surface area contributed by atoms with Crippen LogP contribution in [0.25, 0.3) is 0 Å². The Hall–Kier alpha value is -1.03. The van der Waals surface area contributed by atoms with Crippen LogP contribution in [0.15, 0.2) is 11.8 Å². The molecular weight excluding hydrogens is 168 g/mol. The highest BCUT2D eigenvalue weighted by Crippen LogP contribution is 2.04. The lowest BCUT2D eigenvalue weighted by Gasteiger charge is -2.22. The third kappa shape index (κ3) is 2.73. The van der Waals surface area contributed by atoms with Gasteiger partial charge in [0.05, 0.1) is 6.04 Å². The Morgan fingerprint density at radius 2 is 2.31 bits per heavy atom. The van der Waals surface area contributed by atoms with E-state index < -0.39 is 0 Å². The maximum Gasteiger partial charge on any atom is 0.240 e. The molecule has 0 aromatic heterocycles. The molecule has 1 aliphatic rings. The Kier molecular flexibility index (Phi) is 3.31. The smallest absolute Gasteiger partial charge is 0.240 e. The van der Waals surface area contributed by atoms with Gasteiger partial charge in [0.1, 0.15) is 11.8 Å². The van der Waals surface area contributed by atoms with E-state index in [-0.39, 0.29) is 18.0 Å². The Morgan fingerprint density at radius 3 is 2.92 bits per heavy atom. The van der Waals surface area contributed by atoms with Crippen LogP contribution in [0.1, 0.15) is 27.2 Å². The van der Waals surface area contributed by atoms with Crippen LogP contribution in [-0.2, 0) is 9.63 Å². The molecule has 0 aromatic carbocycles. The van der Waals surface area contributed by atoms with E-state index in [0.29, 0.717) is 0 Å². The molecule has 2 N–H and O–H groups in total. The van der Waals surface area contributed by atoms with Crippen molar-refractivity contribution in [3.63, 3.8) is 0 Å². The van der Waals surface area contributed by atoms with Crippen molar-refractivity contribution in [1.29, 1.82) is 0 Å². The van der Waals surface area contributed by atoms with Crippen LogP contribution in [0.4, 0.5) is 0 Å². The van der Waals surface area contributed by atoms with Gasteiger partial charge in [0, 0.05) is 0 Å². The monoisotopic (exact) mass is 184 g/mol. The van der Waals surface area contributed by atoms with Crippen molar-refractivity contribution < 1.29 is 9.63 Å². The van der Waals surface area contributed by atoms with Crippen LogP contribution in [0.5, 0.6) is 0 Å². The number of amides is 1. The highest BCUT2D eigenvalue weighted by Gasteiger charge is 2.18. The van der Waals surface area contributed by atoms with E-state index in [2.05, 4.69) is 10.8 Å². The summed E-state index contributed by atoms with van der Waals surface area (Å²) >= 11 is 0. The van der Waals surface area contributed by atoms with Crippen LogP contribution in [0, 0.1) is 0 Å². The number of nitrogens with one attached hydrogen (secondary N) is 2. The first-order valence-corrected chi connectivity index (χ1v) is 4.54. The summed E-state index contributed by atoms with van der Waals surface area (Å²) in [6, 6.07) is -0.227. The van der Waals surface area contributed by atoms with Crippen LogP contribution >= 0.6 is 0 Å². The number of rotatable bonds is 1. The summed E-state index contributed by atoms with van der Waals surface area (Å²) in [5.74, 6) is 0.759. The number of carbonyl (C=O) groups excluding carboxylic acids is 1. The Labute approximate surface area is 78.3 Å². The largest absolute Gasteiger partial charge is 0.413 e. The second-order valence-electron chi connectivity index (χ2n) is 3.24. The molecule has 1 heterocycles. The summed E-state index contributed by atoms with van der Waals surface area (Å²) in [4.78, 5) is 16.5. The van der Waals surface area contributed by atoms with E-state index in [0.717, 1.165) is 12.2 Å². The maximum absolute atomic E-state index is 11.4. The average molecular weight is 184 g/mol. The Morgan fingerprint density at radius 1 is 1.62 bits per heavy atom. The molecule has 0 bridgehead atoms. The molecule has 0 saturated carbocycles. The molecule has 1 rings (SSSR count). The van der Waals surface area contributed by atoms with E-state index in [1.165, 1.54) is 0 Å². The molecular formula is C9H16N2O2. The minimum Gasteiger partial charge on any atom is -0.413 e. The molecule has 13 heavy (non-hydrogen) atoms. The molecule has 0 radical (unpaired) electrons. The average Bonchev–Trinajstić information content (AvgIpc) is 2.11. The summed E-state index contributed by atoms with van der Waals surface area (Å²) in [5.41, 5.74) is 2.65. The number of hydroxylamine groups is 1. The lowest BCUT2D eigenvalue weighted by Crippen LogP contribution is -2.47. The predicted octanol–water partition coefficient (Wildman–Crippen LogP) is 0.708. The fourth-order valence-electron chi connectivity index (χ4n) is 1.12. The van der Waals surface area contributed by atoms with E-state index in [1.54, 1.807) is 6.92 Å². The van der Waals surface area contributed by atoms with Crippen LogP contribution < -0.4 is 10.8 Å². The second-order valence-corrected chi connectivity index (χ2v) is 3.24. The first-order chi connectivity index (χ1) is 6.13. The van der Waals surface area contributed by atoms with Crippen molar-refractivity contribution in [3.8, 4) is 0 Å². The molecule has 2 unspecified atom stereocenters. The maximum atomic E-state index is 11.4. The van der Waals surface area contributed by atoms with Gasteiger partial charge in [0.15, 0.2) is 0 Å². The first kappa shape index (κ1) is 10.1. The number of hydrogen-bond acceptors (Lipinski definition) is 3. The molecule has 4 nitrogen and oxygen atoms in total. The van der Waals surface area contributed by atoms with Crippen LogP contribution in [0.3, 0.4) is 0 Å². The van der Waals surface area contributed by atoms with Crippen LogP contribution in [0.2, 0.25) is 0 Å². The minimum absolute atomic E-state index is 0.0319. The highest BCUT2D eigenvalue weighted by molar-refractivity contribution is 5.81. The topological polar surface area (TPSA) is 50.4 Å². The standard InChI is InChI=1S/C9H16N2O2/c1-4-8-5-6(2)13-11-7(3)9(12)10-8/h5,7-8,11H,4H2,1-3H3,(H,10,12)/b6-5-. The summed E-state index contributed by atoms with van der Waals surface area (Å²) < 4.78 is 0. The molecule has 74 valence electrons. The zero-order valence-corrected chi connectivity index (χ0v) is 8.26. The van der Waals surface area contributed by atoms with Gasteiger partial charge in [-0.2, -0.15) is 0 Å². The summed E-state index contributed by atoms with van der Waals surface area (Å²) in [6.45, 7) is 5.65. The highest BCUT2D eigenvalue weighted by atomic mass is 16.6. The van der Waals surface area contributed by atoms with Gasteiger partial charge in [-0.15, -0.1) is 5.48 Å². The molecule has 4 heteroatoms. The lowest BCUT2D eigenvalue weighted by molar-refractivity contribution is -0.126. The van der Waals surface area contributed by atoms with Crippen molar-refractivity contribution in [2.75, 3.05) is 0 Å². The Balaban J connectivity index is 2.71. The molecule has 0 fully saturated rings. The minimum atomic E-state index is -0.308. The van der Waals surface area contributed by atoms with Gasteiger partial charge in [-0.1, -0.05) is 6.92 Å². The van der Waals surface area contributed by atoms with Gasteiger partial charge in [-0.05, 0) is 26.3 Å². The van der Waals surface area contributed by atoms with E-state index >= 15 is 0 Å². The predicted molar refractivity (Wildman–Crippen MR) is 49.7 cm³/mol. The van der Waals surface area contributed by atoms with Crippen molar-refractivity contribution in [2.24, 2.45) is 0 Å². The molecule has 0 saturated heterocycles. The van der Waals surface area contributed by atoms with Crippen LogP contribution in [-0.4, -0.2) is 18.0 Å². The molecule has 1 amide bonds. The normalized spacial score (nSPS) is 33.5. The van der Waals surface area contributed by atoms with Gasteiger partial charge in [0.25, 0.3) is 0 Å². The lowest BCUT2D eigenvalue weighted by atomic mass is 10.2. The van der Waals surface area contributed by atoms with Crippen molar-refractivity contribution in [2.45, 2.75) is 39.3 Å². The van der Waals surface area contributed by atoms with Gasteiger partial charge >= 0.3 is 0 Å². The van der Waals surface area contributed by atoms with Crippen molar-refractivity contribution in [3.05, 3.63) is 11.8 Å². The SMILES string of the molecule is CCC1/C=C(/C)ONC(C)C(=O)N1. The third-order valence-corrected chi connectivity index (χ3v) is 1.99. The zero-order chi connectivity index (χ0) is 9.84. The summed E-state index contributed by atoms with van der Waals surface area (Å²) in [6.07, 6.45) is 2.77. The van der Waals surface area contributed by atoms with Gasteiger partial charge in [0.2, 0.25) is 5.91 Å².